The molecule has 0 fully saturated rings. The van der Waals surface area contributed by atoms with Gasteiger partial charge in [-0.2, -0.15) is 0 Å². The third-order valence-electron chi connectivity index (χ3n) is 3.84. The van der Waals surface area contributed by atoms with E-state index in [1.807, 2.05) is 38.1 Å². The number of rotatable bonds is 8. The van der Waals surface area contributed by atoms with Gasteiger partial charge in [0.1, 0.15) is 5.75 Å². The molecule has 2 rings (SSSR count). The number of carbonyl (C=O) groups is 3. The number of nitrogens with one attached hydrogen (secondary N) is 2. The molecule has 29 heavy (non-hydrogen) atoms. The summed E-state index contributed by atoms with van der Waals surface area (Å²) in [7, 11) is 0. The van der Waals surface area contributed by atoms with Crippen LogP contribution in [-0.4, -0.2) is 24.6 Å². The van der Waals surface area contributed by atoms with Crippen molar-refractivity contribution in [3.05, 3.63) is 59.7 Å². The van der Waals surface area contributed by atoms with Crippen molar-refractivity contribution in [1.82, 2.24) is 5.32 Å². The Kier molecular flexibility index (Phi) is 8.21. The Morgan fingerprint density at radius 2 is 1.76 bits per heavy atom. The molecule has 2 N–H and O–H groups in total. The van der Waals surface area contributed by atoms with Crippen LogP contribution < -0.4 is 15.4 Å². The first-order chi connectivity index (χ1) is 13.9. The summed E-state index contributed by atoms with van der Waals surface area (Å²) in [4.78, 5) is 35.5. The second-order valence-electron chi connectivity index (χ2n) is 6.84. The first-order valence-corrected chi connectivity index (χ1v) is 9.49. The Morgan fingerprint density at radius 1 is 1.03 bits per heavy atom. The summed E-state index contributed by atoms with van der Waals surface area (Å²) in [6, 6.07) is 13.5. The number of hydrogen-bond acceptors (Lipinski definition) is 5. The molecule has 0 aliphatic carbocycles. The third kappa shape index (κ3) is 7.65. The highest BCUT2D eigenvalue weighted by Crippen LogP contribution is 2.14. The lowest BCUT2D eigenvalue weighted by atomic mass is 10.1. The van der Waals surface area contributed by atoms with Crippen LogP contribution in [0.25, 0.3) is 0 Å². The van der Waals surface area contributed by atoms with Gasteiger partial charge in [-0.15, -0.1) is 0 Å². The van der Waals surface area contributed by atoms with Crippen molar-refractivity contribution in [2.45, 2.75) is 33.7 Å². The van der Waals surface area contributed by atoms with Crippen molar-refractivity contribution < 1.29 is 23.9 Å². The Hall–Kier alpha value is -3.35. The van der Waals surface area contributed by atoms with Gasteiger partial charge < -0.3 is 20.1 Å². The lowest BCUT2D eigenvalue weighted by Gasteiger charge is -2.10. The highest BCUT2D eigenvalue weighted by atomic mass is 16.7. The molecular formula is C22H26N2O5. The van der Waals surface area contributed by atoms with Crippen LogP contribution in [0.3, 0.4) is 0 Å². The first-order valence-electron chi connectivity index (χ1n) is 9.49. The van der Waals surface area contributed by atoms with Crippen molar-refractivity contribution in [1.29, 1.82) is 0 Å². The molecule has 2 aromatic rings. The standard InChI is InChI=1S/C22H26N2O5/c1-4-28-22(27)29-19-10-8-17(9-11-19)21(26)23-14-16-6-5-7-18(13-16)24-20(25)12-15(2)3/h5-11,13,15H,4,12,14H2,1-3H3,(H,23,26)(H,24,25). The zero-order valence-electron chi connectivity index (χ0n) is 16.9. The molecule has 0 heterocycles. The van der Waals surface area contributed by atoms with E-state index in [1.165, 1.54) is 12.1 Å². The molecule has 0 spiro atoms. The van der Waals surface area contributed by atoms with Gasteiger partial charge in [0, 0.05) is 24.2 Å². The molecule has 0 saturated heterocycles. The molecule has 154 valence electrons. The lowest BCUT2D eigenvalue weighted by Crippen LogP contribution is -2.23. The average molecular weight is 398 g/mol. The minimum Gasteiger partial charge on any atom is -0.434 e. The number of benzene rings is 2. The van der Waals surface area contributed by atoms with Crippen molar-refractivity contribution in [3.8, 4) is 5.75 Å². The fourth-order valence-electron chi connectivity index (χ4n) is 2.54. The molecule has 0 aliphatic heterocycles. The molecule has 0 bridgehead atoms. The first kappa shape index (κ1) is 21.9. The monoisotopic (exact) mass is 398 g/mol. The molecule has 0 saturated carbocycles. The lowest BCUT2D eigenvalue weighted by molar-refractivity contribution is -0.116. The maximum atomic E-state index is 12.3. The van der Waals surface area contributed by atoms with Gasteiger partial charge in [-0.3, -0.25) is 9.59 Å². The zero-order valence-corrected chi connectivity index (χ0v) is 16.9. The molecule has 7 heteroatoms. The molecule has 0 unspecified atom stereocenters. The molecule has 0 atom stereocenters. The highest BCUT2D eigenvalue weighted by molar-refractivity contribution is 5.94. The van der Waals surface area contributed by atoms with Gasteiger partial charge in [0.15, 0.2) is 0 Å². The van der Waals surface area contributed by atoms with E-state index in [0.717, 1.165) is 5.56 Å². The van der Waals surface area contributed by atoms with E-state index in [4.69, 9.17) is 9.47 Å². The highest BCUT2D eigenvalue weighted by Gasteiger charge is 2.09. The van der Waals surface area contributed by atoms with E-state index >= 15 is 0 Å². The van der Waals surface area contributed by atoms with E-state index in [-0.39, 0.29) is 24.3 Å². The minimum absolute atomic E-state index is 0.0358. The molecule has 0 aromatic heterocycles. The van der Waals surface area contributed by atoms with E-state index in [0.29, 0.717) is 30.0 Å². The van der Waals surface area contributed by atoms with Crippen molar-refractivity contribution in [2.75, 3.05) is 11.9 Å². The summed E-state index contributed by atoms with van der Waals surface area (Å²) in [6.45, 7) is 6.20. The van der Waals surface area contributed by atoms with Crippen LogP contribution in [0.4, 0.5) is 10.5 Å². The fourth-order valence-corrected chi connectivity index (χ4v) is 2.54. The van der Waals surface area contributed by atoms with E-state index in [9.17, 15) is 14.4 Å². The quantitative estimate of drug-likeness (QED) is 0.515. The van der Waals surface area contributed by atoms with Gasteiger partial charge >= 0.3 is 6.16 Å². The second-order valence-corrected chi connectivity index (χ2v) is 6.84. The number of ether oxygens (including phenoxy) is 2. The van der Waals surface area contributed by atoms with Gasteiger partial charge in [-0.25, -0.2) is 4.79 Å². The van der Waals surface area contributed by atoms with Crippen molar-refractivity contribution in [3.63, 3.8) is 0 Å². The van der Waals surface area contributed by atoms with Gasteiger partial charge in [0.25, 0.3) is 5.91 Å². The topological polar surface area (TPSA) is 93.7 Å². The maximum absolute atomic E-state index is 12.3. The number of anilines is 1. The SMILES string of the molecule is CCOC(=O)Oc1ccc(C(=O)NCc2cccc(NC(=O)CC(C)C)c2)cc1. The maximum Gasteiger partial charge on any atom is 0.513 e. The molecule has 2 amide bonds. The normalized spacial score (nSPS) is 10.3. The van der Waals surface area contributed by atoms with E-state index < -0.39 is 6.16 Å². The molecular weight excluding hydrogens is 372 g/mol. The Morgan fingerprint density at radius 3 is 2.41 bits per heavy atom. The van der Waals surface area contributed by atoms with Gasteiger partial charge in [0.05, 0.1) is 6.61 Å². The minimum atomic E-state index is -0.787. The van der Waals surface area contributed by atoms with Gasteiger partial charge in [-0.1, -0.05) is 26.0 Å². The summed E-state index contributed by atoms with van der Waals surface area (Å²) in [6.07, 6.45) is -0.332. The average Bonchev–Trinajstić information content (AvgIpc) is 2.66. The van der Waals surface area contributed by atoms with Crippen LogP contribution in [0.1, 0.15) is 43.1 Å². The van der Waals surface area contributed by atoms with Crippen molar-refractivity contribution in [2.24, 2.45) is 5.92 Å². The van der Waals surface area contributed by atoms with Gasteiger partial charge in [0.2, 0.25) is 5.91 Å². The van der Waals surface area contributed by atoms with Crippen molar-refractivity contribution >= 4 is 23.7 Å². The van der Waals surface area contributed by atoms with Crippen LogP contribution in [-0.2, 0) is 16.1 Å². The second kappa shape index (κ2) is 10.8. The van der Waals surface area contributed by atoms with Crippen LogP contribution >= 0.6 is 0 Å². The number of hydrogen-bond donors (Lipinski definition) is 2. The van der Waals surface area contributed by atoms with Gasteiger partial charge in [-0.05, 0) is 54.8 Å². The summed E-state index contributed by atoms with van der Waals surface area (Å²) in [5.41, 5.74) is 1.99. The summed E-state index contributed by atoms with van der Waals surface area (Å²) in [5.74, 6) is 0.282. The molecule has 0 aliphatic rings. The largest absolute Gasteiger partial charge is 0.513 e. The van der Waals surface area contributed by atoms with E-state index in [2.05, 4.69) is 10.6 Å². The number of carbonyl (C=O) groups excluding carboxylic acids is 3. The molecule has 0 radical (unpaired) electrons. The number of amides is 2. The van der Waals surface area contributed by atoms with Crippen LogP contribution in [0.2, 0.25) is 0 Å². The predicted molar refractivity (Wildman–Crippen MR) is 110 cm³/mol. The Bertz CT molecular complexity index is 847. The summed E-state index contributed by atoms with van der Waals surface area (Å²) >= 11 is 0. The smallest absolute Gasteiger partial charge is 0.434 e. The zero-order chi connectivity index (χ0) is 21.2. The third-order valence-corrected chi connectivity index (χ3v) is 3.84. The van der Waals surface area contributed by atoms with Crippen LogP contribution in [0, 0.1) is 5.92 Å². The predicted octanol–water partition coefficient (Wildman–Crippen LogP) is 4.14. The fraction of sp³-hybridized carbons (Fsp3) is 0.318. The Balaban J connectivity index is 1.89. The summed E-state index contributed by atoms with van der Waals surface area (Å²) < 4.78 is 9.66. The Labute approximate surface area is 170 Å². The molecule has 7 nitrogen and oxygen atoms in total. The van der Waals surface area contributed by atoms with Crippen LogP contribution in [0.5, 0.6) is 5.75 Å². The molecule has 2 aromatic carbocycles. The summed E-state index contributed by atoms with van der Waals surface area (Å²) in [5, 5.41) is 5.68. The van der Waals surface area contributed by atoms with E-state index in [1.54, 1.807) is 19.1 Å². The van der Waals surface area contributed by atoms with Crippen LogP contribution in [0.15, 0.2) is 48.5 Å².